The minimum atomic E-state index is -0.746. The van der Waals surface area contributed by atoms with Crippen LogP contribution in [0, 0.1) is 0 Å². The third kappa shape index (κ3) is 4.95. The molecule has 0 unspecified atom stereocenters. The molecular formula is C21H22ClN5O3. The van der Waals surface area contributed by atoms with Gasteiger partial charge in [0.2, 0.25) is 0 Å². The number of likely N-dealkylation sites (tertiary alicyclic amines) is 1. The smallest absolute Gasteiger partial charge is 0.253 e. The molecule has 1 fully saturated rings. The number of aromatic nitrogens is 4. The van der Waals surface area contributed by atoms with Crippen molar-refractivity contribution in [3.63, 3.8) is 0 Å². The number of tetrazole rings is 1. The van der Waals surface area contributed by atoms with Gasteiger partial charge in [-0.3, -0.25) is 4.79 Å². The molecule has 2 heterocycles. The van der Waals surface area contributed by atoms with Gasteiger partial charge in [0.05, 0.1) is 6.54 Å². The van der Waals surface area contributed by atoms with E-state index in [0.717, 1.165) is 18.0 Å². The van der Waals surface area contributed by atoms with Gasteiger partial charge in [-0.05, 0) is 58.8 Å². The maximum Gasteiger partial charge on any atom is 0.253 e. The van der Waals surface area contributed by atoms with Crippen LogP contribution < -0.4 is 4.74 Å². The highest BCUT2D eigenvalue weighted by molar-refractivity contribution is 6.30. The molecule has 9 heteroatoms. The minimum absolute atomic E-state index is 0.0109. The maximum atomic E-state index is 12.8. The highest BCUT2D eigenvalue weighted by atomic mass is 35.5. The first-order valence-corrected chi connectivity index (χ1v) is 10.1. The van der Waals surface area contributed by atoms with Crippen molar-refractivity contribution in [1.82, 2.24) is 25.1 Å². The Morgan fingerprint density at radius 3 is 2.67 bits per heavy atom. The van der Waals surface area contributed by atoms with Gasteiger partial charge in [0.25, 0.3) is 5.91 Å². The van der Waals surface area contributed by atoms with E-state index in [2.05, 4.69) is 15.5 Å². The number of hydrogen-bond donors (Lipinski definition) is 1. The summed E-state index contributed by atoms with van der Waals surface area (Å²) in [4.78, 5) is 14.7. The van der Waals surface area contributed by atoms with Gasteiger partial charge in [-0.25, -0.2) is 4.68 Å². The van der Waals surface area contributed by atoms with E-state index in [1.807, 2.05) is 29.2 Å². The normalized spacial score (nSPS) is 17.1. The molecular weight excluding hydrogens is 406 g/mol. The Kier molecular flexibility index (Phi) is 6.25. The number of carbonyl (C=O) groups excluding carboxylic acids is 1. The molecule has 2 aromatic carbocycles. The van der Waals surface area contributed by atoms with E-state index in [4.69, 9.17) is 16.3 Å². The van der Waals surface area contributed by atoms with E-state index in [0.29, 0.717) is 23.8 Å². The Balaban J connectivity index is 1.29. The number of ether oxygens (including phenoxy) is 1. The molecule has 1 aromatic heterocycles. The third-order valence-electron chi connectivity index (χ3n) is 5.15. The fourth-order valence-corrected chi connectivity index (χ4v) is 3.68. The lowest BCUT2D eigenvalue weighted by Crippen LogP contribution is -2.28. The van der Waals surface area contributed by atoms with Gasteiger partial charge in [-0.2, -0.15) is 0 Å². The molecule has 8 nitrogen and oxygen atoms in total. The fourth-order valence-electron chi connectivity index (χ4n) is 3.55. The SMILES string of the molecule is O=C(c1ccc(OC[C@@H](O)Cn2cnnn2)cc1)N1CC[C@H](c2ccc(Cl)cc2)C1. The maximum absolute atomic E-state index is 12.8. The standard InChI is InChI=1S/C21H22ClN5O3/c22-18-5-1-15(2-6-18)17-9-10-26(11-17)21(29)16-3-7-20(8-4-16)30-13-19(28)12-27-14-23-24-25-27/h1-8,14,17,19,28H,9-13H2/t17-,19-/m0/s1. The summed E-state index contributed by atoms with van der Waals surface area (Å²) in [6.45, 7) is 1.77. The van der Waals surface area contributed by atoms with Crippen LogP contribution in [-0.2, 0) is 6.54 Å². The lowest BCUT2D eigenvalue weighted by Gasteiger charge is -2.17. The first-order chi connectivity index (χ1) is 14.6. The van der Waals surface area contributed by atoms with Crippen LogP contribution in [0.2, 0.25) is 5.02 Å². The van der Waals surface area contributed by atoms with Gasteiger partial charge in [0, 0.05) is 29.6 Å². The molecule has 1 saturated heterocycles. The highest BCUT2D eigenvalue weighted by Gasteiger charge is 2.28. The first kappa shape index (κ1) is 20.3. The van der Waals surface area contributed by atoms with Crippen LogP contribution in [0.3, 0.4) is 0 Å². The van der Waals surface area contributed by atoms with Gasteiger partial charge >= 0.3 is 0 Å². The number of carbonyl (C=O) groups is 1. The second kappa shape index (κ2) is 9.23. The zero-order chi connectivity index (χ0) is 20.9. The molecule has 0 aliphatic carbocycles. The Morgan fingerprint density at radius 1 is 1.20 bits per heavy atom. The van der Waals surface area contributed by atoms with Crippen LogP contribution in [0.4, 0.5) is 0 Å². The van der Waals surface area contributed by atoms with Crippen LogP contribution >= 0.6 is 11.6 Å². The van der Waals surface area contributed by atoms with Crippen LogP contribution in [-0.4, -0.2) is 61.9 Å². The minimum Gasteiger partial charge on any atom is -0.491 e. The summed E-state index contributed by atoms with van der Waals surface area (Å²) in [6, 6.07) is 14.8. The summed E-state index contributed by atoms with van der Waals surface area (Å²) in [6.07, 6.45) is 1.62. The van der Waals surface area contributed by atoms with E-state index in [9.17, 15) is 9.90 Å². The van der Waals surface area contributed by atoms with Crippen LogP contribution in [0.25, 0.3) is 0 Å². The number of halogens is 1. The zero-order valence-corrected chi connectivity index (χ0v) is 17.0. The summed E-state index contributed by atoms with van der Waals surface area (Å²) < 4.78 is 7.03. The van der Waals surface area contributed by atoms with Crippen molar-refractivity contribution in [2.24, 2.45) is 0 Å². The quantitative estimate of drug-likeness (QED) is 0.622. The Morgan fingerprint density at radius 2 is 1.97 bits per heavy atom. The highest BCUT2D eigenvalue weighted by Crippen LogP contribution is 2.29. The van der Waals surface area contributed by atoms with Crippen molar-refractivity contribution in [1.29, 1.82) is 0 Å². The Hall–Kier alpha value is -2.97. The molecule has 1 N–H and O–H groups in total. The van der Waals surface area contributed by atoms with Crippen molar-refractivity contribution in [3.05, 3.63) is 71.0 Å². The number of nitrogens with zero attached hydrogens (tertiary/aromatic N) is 5. The summed E-state index contributed by atoms with van der Waals surface area (Å²) in [5, 5.41) is 21.4. The van der Waals surface area contributed by atoms with E-state index >= 15 is 0 Å². The average molecular weight is 428 g/mol. The van der Waals surface area contributed by atoms with Crippen molar-refractivity contribution in [3.8, 4) is 5.75 Å². The lowest BCUT2D eigenvalue weighted by molar-refractivity contribution is 0.0789. The Bertz CT molecular complexity index is 963. The lowest BCUT2D eigenvalue weighted by atomic mass is 9.99. The molecule has 0 spiro atoms. The molecule has 3 aromatic rings. The number of hydrogen-bond acceptors (Lipinski definition) is 6. The van der Waals surface area contributed by atoms with Gasteiger partial charge < -0.3 is 14.7 Å². The van der Waals surface area contributed by atoms with Gasteiger partial charge in [-0.15, -0.1) is 5.10 Å². The van der Waals surface area contributed by atoms with E-state index < -0.39 is 6.10 Å². The molecule has 1 aliphatic heterocycles. The number of benzene rings is 2. The Labute approximate surface area is 179 Å². The van der Waals surface area contributed by atoms with E-state index in [1.165, 1.54) is 16.6 Å². The summed E-state index contributed by atoms with van der Waals surface area (Å²) in [5.74, 6) is 0.926. The fraction of sp³-hybridized carbons (Fsp3) is 0.333. The summed E-state index contributed by atoms with van der Waals surface area (Å²) in [5.41, 5.74) is 1.83. The average Bonchev–Trinajstić information content (AvgIpc) is 3.45. The van der Waals surface area contributed by atoms with Crippen LogP contribution in [0.5, 0.6) is 5.75 Å². The molecule has 0 radical (unpaired) electrons. The predicted molar refractivity (Wildman–Crippen MR) is 110 cm³/mol. The molecule has 4 rings (SSSR count). The van der Waals surface area contributed by atoms with Crippen molar-refractivity contribution in [2.75, 3.05) is 19.7 Å². The van der Waals surface area contributed by atoms with Gasteiger partial charge in [0.1, 0.15) is 24.8 Å². The monoisotopic (exact) mass is 427 g/mol. The second-order valence-electron chi connectivity index (χ2n) is 7.31. The second-order valence-corrected chi connectivity index (χ2v) is 7.75. The predicted octanol–water partition coefficient (Wildman–Crippen LogP) is 2.40. The molecule has 156 valence electrons. The molecule has 0 bridgehead atoms. The van der Waals surface area contributed by atoms with Crippen molar-refractivity contribution in [2.45, 2.75) is 25.0 Å². The number of aliphatic hydroxyl groups is 1. The zero-order valence-electron chi connectivity index (χ0n) is 16.3. The number of rotatable bonds is 7. The molecule has 1 aliphatic rings. The molecule has 30 heavy (non-hydrogen) atoms. The molecule has 1 amide bonds. The molecule has 2 atom stereocenters. The van der Waals surface area contributed by atoms with E-state index in [-0.39, 0.29) is 19.1 Å². The summed E-state index contributed by atoms with van der Waals surface area (Å²) in [7, 11) is 0. The topological polar surface area (TPSA) is 93.4 Å². The third-order valence-corrected chi connectivity index (χ3v) is 5.40. The van der Waals surface area contributed by atoms with Crippen LogP contribution in [0.1, 0.15) is 28.3 Å². The van der Waals surface area contributed by atoms with E-state index in [1.54, 1.807) is 24.3 Å². The number of aliphatic hydroxyl groups excluding tert-OH is 1. The summed E-state index contributed by atoms with van der Waals surface area (Å²) >= 11 is 5.96. The first-order valence-electron chi connectivity index (χ1n) is 9.75. The molecule has 0 saturated carbocycles. The van der Waals surface area contributed by atoms with Crippen molar-refractivity contribution < 1.29 is 14.6 Å². The van der Waals surface area contributed by atoms with Gasteiger partial charge in [-0.1, -0.05) is 23.7 Å². The van der Waals surface area contributed by atoms with Crippen molar-refractivity contribution >= 4 is 17.5 Å². The largest absolute Gasteiger partial charge is 0.491 e. The van der Waals surface area contributed by atoms with Gasteiger partial charge in [0.15, 0.2) is 0 Å². The number of amides is 1. The van der Waals surface area contributed by atoms with Crippen LogP contribution in [0.15, 0.2) is 54.9 Å².